The van der Waals surface area contributed by atoms with Crippen LogP contribution in [0.25, 0.3) is 0 Å². The van der Waals surface area contributed by atoms with Crippen molar-refractivity contribution in [1.29, 1.82) is 0 Å². The topological polar surface area (TPSA) is 9.23 Å². The van der Waals surface area contributed by atoms with E-state index in [4.69, 9.17) is 16.0 Å². The molecule has 0 spiro atoms. The van der Waals surface area contributed by atoms with Gasteiger partial charge in [0.15, 0.2) is 0 Å². The van der Waals surface area contributed by atoms with Crippen molar-refractivity contribution in [2.45, 2.75) is 20.0 Å². The maximum atomic E-state index is 8.19. The van der Waals surface area contributed by atoms with E-state index in [0.29, 0.717) is 0 Å². The van der Waals surface area contributed by atoms with Gasteiger partial charge in [-0.15, -0.1) is 0 Å². The Bertz CT molecular complexity index is 1050. The monoisotopic (exact) mass is 446 g/mol. The Morgan fingerprint density at radius 1 is 0.645 bits per heavy atom. The van der Waals surface area contributed by atoms with Crippen molar-refractivity contribution in [3.63, 3.8) is 0 Å². The standard InChI is InChI=1S/C28H28ClOP/c1-22-19-24(20-23(2)28(22)30-3)21-31(29,25-13-7-4-8-14-25,26-15-9-5-10-16-26)27-17-11-6-12-18-27/h4-20H,21H2,1-3H3. The van der Waals surface area contributed by atoms with Gasteiger partial charge in [-0.25, -0.2) is 0 Å². The van der Waals surface area contributed by atoms with Crippen molar-refractivity contribution in [3.8, 4) is 5.75 Å². The zero-order valence-electron chi connectivity index (χ0n) is 18.3. The Morgan fingerprint density at radius 3 is 1.32 bits per heavy atom. The summed E-state index contributed by atoms with van der Waals surface area (Å²) in [6, 6.07) is 36.3. The molecule has 31 heavy (non-hydrogen) atoms. The SMILES string of the molecule is COc1c(C)cc(CP(Cl)(c2ccccc2)(c2ccccc2)c2ccccc2)cc1C. The summed E-state index contributed by atoms with van der Waals surface area (Å²) in [5.74, 6) is -2.38. The van der Waals surface area contributed by atoms with Crippen LogP contribution in [0.15, 0.2) is 103 Å². The molecular formula is C28H28ClOP. The minimum absolute atomic E-state index is 0.733. The molecule has 0 amide bonds. The van der Waals surface area contributed by atoms with Crippen LogP contribution >= 0.6 is 17.2 Å². The Balaban J connectivity index is 2.07. The number of methoxy groups -OCH3 is 1. The summed E-state index contributed by atoms with van der Waals surface area (Å²) in [5.41, 5.74) is 3.49. The Kier molecular flexibility index (Phi) is 5.93. The van der Waals surface area contributed by atoms with E-state index in [-0.39, 0.29) is 0 Å². The van der Waals surface area contributed by atoms with Gasteiger partial charge in [-0.3, -0.25) is 0 Å². The first-order valence-corrected chi connectivity index (χ1v) is 13.8. The summed E-state index contributed by atoms with van der Waals surface area (Å²) in [6.45, 7) is 4.21. The molecule has 4 rings (SSSR count). The van der Waals surface area contributed by atoms with Crippen LogP contribution in [0, 0.1) is 13.8 Å². The van der Waals surface area contributed by atoms with E-state index in [2.05, 4.69) is 117 Å². The molecule has 0 unspecified atom stereocenters. The Hall–Kier alpha value is -2.60. The number of aryl methyl sites for hydroxylation is 2. The summed E-state index contributed by atoms with van der Waals surface area (Å²) in [7, 11) is 1.73. The van der Waals surface area contributed by atoms with Crippen LogP contribution < -0.4 is 20.7 Å². The van der Waals surface area contributed by atoms with Gasteiger partial charge in [0.1, 0.15) is 0 Å². The van der Waals surface area contributed by atoms with Crippen LogP contribution in [0.2, 0.25) is 0 Å². The van der Waals surface area contributed by atoms with Crippen LogP contribution in [-0.4, -0.2) is 7.11 Å². The zero-order valence-corrected chi connectivity index (χ0v) is 19.9. The van der Waals surface area contributed by atoms with Crippen molar-refractivity contribution in [3.05, 3.63) is 120 Å². The normalized spacial score (nSPS) is 12.7. The summed E-state index contributed by atoms with van der Waals surface area (Å²) in [6.07, 6.45) is 0.733. The first-order valence-electron chi connectivity index (χ1n) is 10.5. The molecule has 0 aliphatic rings. The summed E-state index contributed by atoms with van der Waals surface area (Å²) in [4.78, 5) is 0. The second kappa shape index (κ2) is 8.50. The molecule has 0 saturated heterocycles. The second-order valence-corrected chi connectivity index (χ2v) is 14.6. The van der Waals surface area contributed by atoms with Crippen molar-refractivity contribution in [2.75, 3.05) is 7.11 Å². The Labute approximate surface area is 190 Å². The predicted octanol–water partition coefficient (Wildman–Crippen LogP) is 6.50. The van der Waals surface area contributed by atoms with E-state index in [1.54, 1.807) is 7.11 Å². The minimum atomic E-state index is -3.33. The van der Waals surface area contributed by atoms with Gasteiger partial charge in [-0.2, -0.15) is 0 Å². The zero-order chi connectivity index (χ0) is 21.9. The van der Waals surface area contributed by atoms with Crippen molar-refractivity contribution < 1.29 is 4.74 Å². The molecule has 0 N–H and O–H groups in total. The van der Waals surface area contributed by atoms with Crippen LogP contribution in [0.4, 0.5) is 0 Å². The quantitative estimate of drug-likeness (QED) is 0.307. The number of hydrogen-bond donors (Lipinski definition) is 0. The predicted molar refractivity (Wildman–Crippen MR) is 137 cm³/mol. The van der Waals surface area contributed by atoms with Gasteiger partial charge in [-0.1, -0.05) is 0 Å². The third-order valence-electron chi connectivity index (χ3n) is 6.09. The molecule has 0 aliphatic carbocycles. The first kappa shape index (κ1) is 21.6. The molecular weight excluding hydrogens is 419 g/mol. The van der Waals surface area contributed by atoms with Gasteiger partial charge in [0.2, 0.25) is 0 Å². The van der Waals surface area contributed by atoms with Crippen molar-refractivity contribution in [2.24, 2.45) is 0 Å². The average molecular weight is 447 g/mol. The van der Waals surface area contributed by atoms with Gasteiger partial charge < -0.3 is 0 Å². The van der Waals surface area contributed by atoms with E-state index in [1.165, 1.54) is 21.5 Å². The van der Waals surface area contributed by atoms with Crippen LogP contribution in [0.1, 0.15) is 16.7 Å². The van der Waals surface area contributed by atoms with Crippen LogP contribution in [0.5, 0.6) is 5.75 Å². The molecule has 0 radical (unpaired) electrons. The van der Waals surface area contributed by atoms with E-state index < -0.39 is 5.96 Å². The first-order chi connectivity index (χ1) is 15.0. The third kappa shape index (κ3) is 3.67. The van der Waals surface area contributed by atoms with E-state index in [1.807, 2.05) is 0 Å². The van der Waals surface area contributed by atoms with Gasteiger partial charge in [0.25, 0.3) is 0 Å². The van der Waals surface area contributed by atoms with Gasteiger partial charge in [0.05, 0.1) is 0 Å². The molecule has 0 aliphatic heterocycles. The molecule has 0 atom stereocenters. The van der Waals surface area contributed by atoms with Crippen LogP contribution in [-0.2, 0) is 6.16 Å². The molecule has 0 bridgehead atoms. The summed E-state index contributed by atoms with van der Waals surface area (Å²) in [5, 5.41) is 3.54. The molecule has 4 aromatic carbocycles. The second-order valence-electron chi connectivity index (χ2n) is 8.11. The number of halogens is 1. The van der Waals surface area contributed by atoms with Crippen LogP contribution in [0.3, 0.4) is 0 Å². The molecule has 0 heterocycles. The van der Waals surface area contributed by atoms with Gasteiger partial charge in [0, 0.05) is 0 Å². The third-order valence-corrected chi connectivity index (χ3v) is 13.3. The Morgan fingerprint density at radius 2 is 1.00 bits per heavy atom. The van der Waals surface area contributed by atoms with Crippen molar-refractivity contribution >= 4 is 33.1 Å². The molecule has 4 aromatic rings. The van der Waals surface area contributed by atoms with E-state index >= 15 is 0 Å². The van der Waals surface area contributed by atoms with Gasteiger partial charge in [-0.05, 0) is 0 Å². The number of rotatable bonds is 6. The van der Waals surface area contributed by atoms with E-state index in [0.717, 1.165) is 23.0 Å². The fourth-order valence-electron chi connectivity index (χ4n) is 4.73. The molecule has 0 saturated carbocycles. The van der Waals surface area contributed by atoms with E-state index in [9.17, 15) is 0 Å². The van der Waals surface area contributed by atoms with Crippen molar-refractivity contribution in [1.82, 2.24) is 0 Å². The number of ether oxygens (including phenoxy) is 1. The molecule has 0 fully saturated rings. The average Bonchev–Trinajstić information content (AvgIpc) is 2.81. The fourth-order valence-corrected chi connectivity index (χ4v) is 10.9. The van der Waals surface area contributed by atoms with Gasteiger partial charge >= 0.3 is 191 Å². The molecule has 3 heteroatoms. The molecule has 158 valence electrons. The fraction of sp³-hybridized carbons (Fsp3) is 0.143. The number of hydrogen-bond acceptors (Lipinski definition) is 1. The summed E-state index contributed by atoms with van der Waals surface area (Å²) >= 11 is 8.19. The maximum absolute atomic E-state index is 8.19. The number of benzene rings is 4. The summed E-state index contributed by atoms with van der Waals surface area (Å²) < 4.78 is 5.62. The molecule has 0 aromatic heterocycles. The molecule has 1 nitrogen and oxygen atoms in total.